The number of rotatable bonds is 7. The van der Waals surface area contributed by atoms with Crippen molar-refractivity contribution in [3.05, 3.63) is 77.2 Å². The average Bonchev–Trinajstić information content (AvgIpc) is 3.01. The first-order chi connectivity index (χ1) is 13.0. The molecule has 5 nitrogen and oxygen atoms in total. The molecule has 0 spiro atoms. The number of aryl methyl sites for hydroxylation is 2. The summed E-state index contributed by atoms with van der Waals surface area (Å²) < 4.78 is 18.1. The van der Waals surface area contributed by atoms with Crippen LogP contribution in [0.15, 0.2) is 59.0 Å². The third-order valence-electron chi connectivity index (χ3n) is 4.08. The van der Waals surface area contributed by atoms with Crippen molar-refractivity contribution in [2.24, 2.45) is 0 Å². The predicted molar refractivity (Wildman–Crippen MR) is 106 cm³/mol. The molecule has 6 heteroatoms. The van der Waals surface area contributed by atoms with Crippen LogP contribution in [0.4, 0.5) is 0 Å². The molecule has 1 aromatic heterocycles. The van der Waals surface area contributed by atoms with Crippen LogP contribution in [-0.2, 0) is 28.3 Å². The maximum atomic E-state index is 12.4. The van der Waals surface area contributed by atoms with Crippen LogP contribution in [0.25, 0.3) is 11.5 Å². The number of aromatic nitrogens is 1. The van der Waals surface area contributed by atoms with Crippen molar-refractivity contribution in [1.29, 1.82) is 0 Å². The maximum absolute atomic E-state index is 12.4. The molecule has 1 atom stereocenters. The minimum atomic E-state index is -1.35. The summed E-state index contributed by atoms with van der Waals surface area (Å²) in [4.78, 5) is 16.5. The van der Waals surface area contributed by atoms with Gasteiger partial charge in [-0.15, -0.1) is 0 Å². The van der Waals surface area contributed by atoms with E-state index in [0.717, 1.165) is 16.7 Å². The molecule has 140 valence electrons. The fourth-order valence-electron chi connectivity index (χ4n) is 2.66. The molecule has 0 aliphatic carbocycles. The maximum Gasteiger partial charge on any atom is 0.270 e. The fourth-order valence-corrected chi connectivity index (χ4v) is 3.73. The van der Waals surface area contributed by atoms with Crippen LogP contribution in [0, 0.1) is 13.8 Å². The lowest BCUT2D eigenvalue weighted by Gasteiger charge is -2.10. The third-order valence-corrected chi connectivity index (χ3v) is 5.26. The first-order valence-corrected chi connectivity index (χ1v) is 10.2. The van der Waals surface area contributed by atoms with Gasteiger partial charge < -0.3 is 14.3 Å². The van der Waals surface area contributed by atoms with Crippen LogP contribution in [0.5, 0.6) is 0 Å². The van der Waals surface area contributed by atoms with Gasteiger partial charge in [-0.05, 0) is 42.7 Å². The summed E-state index contributed by atoms with van der Waals surface area (Å²) in [6, 6.07) is 17.5. The number of nitrogens with zero attached hydrogens (tertiary/aromatic N) is 1. The van der Waals surface area contributed by atoms with Gasteiger partial charge in [0, 0.05) is 12.1 Å². The summed E-state index contributed by atoms with van der Waals surface area (Å²) in [7, 11) is 0. The van der Waals surface area contributed by atoms with Crippen LogP contribution in [0.3, 0.4) is 0 Å². The summed E-state index contributed by atoms with van der Waals surface area (Å²) in [6.45, 7) is 4.23. The molecule has 1 heterocycles. The van der Waals surface area contributed by atoms with Gasteiger partial charge in [-0.1, -0.05) is 48.0 Å². The van der Waals surface area contributed by atoms with Gasteiger partial charge >= 0.3 is 0 Å². The second-order valence-corrected chi connectivity index (χ2v) is 7.84. The Labute approximate surface area is 162 Å². The Kier molecular flexibility index (Phi) is 6.32. The molecule has 27 heavy (non-hydrogen) atoms. The predicted octanol–water partition coefficient (Wildman–Crippen LogP) is 3.52. The lowest BCUT2D eigenvalue weighted by Crippen LogP contribution is -2.30. The van der Waals surface area contributed by atoms with Gasteiger partial charge in [0.15, 0.2) is 11.5 Å². The number of carbonyl (C=O) groups is 1. The number of nitrogens with one attached hydrogen (secondary N) is 1. The molecule has 0 fully saturated rings. The molecule has 0 saturated heterocycles. The minimum absolute atomic E-state index is 0.0566. The van der Waals surface area contributed by atoms with E-state index in [4.69, 9.17) is 4.42 Å². The highest BCUT2D eigenvalue weighted by molar-refractivity contribution is 7.91. The zero-order chi connectivity index (χ0) is 19.2. The zero-order valence-electron chi connectivity index (χ0n) is 15.4. The molecular formula is C21H22N2O3S. The molecule has 0 saturated carbocycles. The van der Waals surface area contributed by atoms with Crippen LogP contribution in [0.2, 0.25) is 0 Å². The van der Waals surface area contributed by atoms with Crippen molar-refractivity contribution >= 4 is 17.1 Å². The van der Waals surface area contributed by atoms with E-state index in [1.807, 2.05) is 61.5 Å². The van der Waals surface area contributed by atoms with Gasteiger partial charge in [0.1, 0.15) is 11.5 Å². The monoisotopic (exact) mass is 382 g/mol. The summed E-state index contributed by atoms with van der Waals surface area (Å²) in [5, 5.41) is 2.79. The Morgan fingerprint density at radius 1 is 1.15 bits per heavy atom. The fraction of sp³-hybridized carbons (Fsp3) is 0.238. The number of carbonyl (C=O) groups excluding carboxylic acids is 1. The van der Waals surface area contributed by atoms with E-state index in [0.29, 0.717) is 23.9 Å². The molecule has 0 radical (unpaired) electrons. The molecule has 1 unspecified atom stereocenters. The number of oxazole rings is 1. The third kappa shape index (κ3) is 5.45. The number of amides is 1. The van der Waals surface area contributed by atoms with Crippen LogP contribution >= 0.6 is 0 Å². The van der Waals surface area contributed by atoms with Crippen LogP contribution in [0.1, 0.15) is 22.6 Å². The van der Waals surface area contributed by atoms with Crippen molar-refractivity contribution < 1.29 is 13.8 Å². The van der Waals surface area contributed by atoms with Gasteiger partial charge in [0.25, 0.3) is 5.91 Å². The Morgan fingerprint density at radius 2 is 1.93 bits per heavy atom. The van der Waals surface area contributed by atoms with Crippen molar-refractivity contribution in [1.82, 2.24) is 10.3 Å². The lowest BCUT2D eigenvalue weighted by molar-refractivity contribution is -0.118. The van der Waals surface area contributed by atoms with E-state index in [2.05, 4.69) is 10.3 Å². The van der Waals surface area contributed by atoms with Crippen molar-refractivity contribution in [2.45, 2.75) is 26.1 Å². The highest BCUT2D eigenvalue weighted by Gasteiger charge is 2.19. The van der Waals surface area contributed by atoms with Gasteiger partial charge in [-0.25, -0.2) is 4.98 Å². The Bertz CT molecular complexity index is 909. The second-order valence-electron chi connectivity index (χ2n) is 6.38. The van der Waals surface area contributed by atoms with E-state index < -0.39 is 11.2 Å². The first-order valence-electron chi connectivity index (χ1n) is 8.70. The molecule has 1 amide bonds. The second kappa shape index (κ2) is 8.88. The number of benzene rings is 2. The molecule has 1 N–H and O–H groups in total. The quantitative estimate of drug-likeness (QED) is 0.634. The van der Waals surface area contributed by atoms with Gasteiger partial charge in [-0.3, -0.25) is 4.79 Å². The highest BCUT2D eigenvalue weighted by atomic mass is 32.2. The Balaban J connectivity index is 1.56. The largest absolute Gasteiger partial charge is 0.616 e. The van der Waals surface area contributed by atoms with Crippen molar-refractivity contribution in [2.75, 3.05) is 5.75 Å². The zero-order valence-corrected chi connectivity index (χ0v) is 16.2. The van der Waals surface area contributed by atoms with E-state index in [-0.39, 0.29) is 17.4 Å². The molecule has 0 aliphatic rings. The summed E-state index contributed by atoms with van der Waals surface area (Å²) in [5.41, 5.74) is 3.63. The van der Waals surface area contributed by atoms with Crippen LogP contribution in [-0.4, -0.2) is 21.2 Å². The molecule has 3 rings (SSSR count). The summed E-state index contributed by atoms with van der Waals surface area (Å²) in [5.74, 6) is 1.04. The molecule has 0 bridgehead atoms. The first kappa shape index (κ1) is 19.2. The molecule has 2 aromatic carbocycles. The van der Waals surface area contributed by atoms with Gasteiger partial charge in [0.2, 0.25) is 5.89 Å². The topological polar surface area (TPSA) is 78.2 Å². The van der Waals surface area contributed by atoms with Crippen molar-refractivity contribution in [3.63, 3.8) is 0 Å². The van der Waals surface area contributed by atoms with E-state index in [1.165, 1.54) is 0 Å². The van der Waals surface area contributed by atoms with Gasteiger partial charge in [-0.2, -0.15) is 0 Å². The number of hydrogen-bond donors (Lipinski definition) is 1. The number of hydrogen-bond acceptors (Lipinski definition) is 4. The Morgan fingerprint density at radius 3 is 2.67 bits per heavy atom. The summed E-state index contributed by atoms with van der Waals surface area (Å²) in [6.07, 6.45) is 0. The smallest absolute Gasteiger partial charge is 0.270 e. The van der Waals surface area contributed by atoms with E-state index in [1.54, 1.807) is 6.92 Å². The molecule has 0 aliphatic heterocycles. The molecule has 3 aromatic rings. The standard InChI is InChI=1S/C21H22N2O3S/c1-15-7-6-10-18(11-15)21-23-19(16(2)26-21)13-27(25)14-20(24)22-12-17-8-4-3-5-9-17/h3-11H,12-14H2,1-2H3,(H,22,24). The van der Waals surface area contributed by atoms with E-state index >= 15 is 0 Å². The SMILES string of the molecule is Cc1cccc(-c2nc(C[S+]([O-])CC(=O)NCc3ccccc3)c(C)o2)c1. The average molecular weight is 382 g/mol. The highest BCUT2D eigenvalue weighted by Crippen LogP contribution is 2.23. The lowest BCUT2D eigenvalue weighted by atomic mass is 10.1. The van der Waals surface area contributed by atoms with Gasteiger partial charge in [0.05, 0.1) is 0 Å². The minimum Gasteiger partial charge on any atom is -0.616 e. The van der Waals surface area contributed by atoms with Crippen LogP contribution < -0.4 is 5.32 Å². The van der Waals surface area contributed by atoms with Crippen molar-refractivity contribution in [3.8, 4) is 11.5 Å². The Hall–Kier alpha value is -2.57. The normalized spacial score (nSPS) is 12.0. The summed E-state index contributed by atoms with van der Waals surface area (Å²) >= 11 is -1.35. The van der Waals surface area contributed by atoms with E-state index in [9.17, 15) is 9.35 Å². The molecular weight excluding hydrogens is 360 g/mol.